The Balaban J connectivity index is 1.79. The highest BCUT2D eigenvalue weighted by molar-refractivity contribution is 5.81. The fraction of sp³-hybridized carbons (Fsp3) is 0.818. The largest absolute Gasteiger partial charge is 0.341 e. The Morgan fingerprint density at radius 1 is 1.39 bits per heavy atom. The quantitative estimate of drug-likeness (QED) is 0.796. The molecule has 1 atom stereocenters. The van der Waals surface area contributed by atoms with Crippen LogP contribution in [-0.2, 0) is 18.4 Å². The van der Waals surface area contributed by atoms with Gasteiger partial charge in [-0.1, -0.05) is 0 Å². The van der Waals surface area contributed by atoms with Gasteiger partial charge >= 0.3 is 0 Å². The summed E-state index contributed by atoms with van der Waals surface area (Å²) in [5, 5.41) is 14.8. The minimum Gasteiger partial charge on any atom is -0.341 e. The molecule has 1 N–H and O–H groups in total. The average Bonchev–Trinajstić information content (AvgIpc) is 2.82. The van der Waals surface area contributed by atoms with Crippen LogP contribution >= 0.6 is 0 Å². The molecule has 0 spiro atoms. The lowest BCUT2D eigenvalue weighted by molar-refractivity contribution is -0.133. The molecule has 0 saturated carbocycles. The number of amides is 1. The van der Waals surface area contributed by atoms with Crippen molar-refractivity contribution in [2.24, 2.45) is 7.05 Å². The Bertz CT molecular complexity index is 398. The van der Waals surface area contributed by atoms with Gasteiger partial charge in [0.15, 0.2) is 5.82 Å². The molecule has 0 radical (unpaired) electrons. The van der Waals surface area contributed by atoms with E-state index in [1.165, 1.54) is 11.2 Å². The molecule has 1 unspecified atom stereocenters. The van der Waals surface area contributed by atoms with Crippen LogP contribution in [-0.4, -0.2) is 50.1 Å². The second-order valence-electron chi connectivity index (χ2n) is 4.68. The molecule has 0 aliphatic carbocycles. The predicted molar refractivity (Wildman–Crippen MR) is 65.5 cm³/mol. The van der Waals surface area contributed by atoms with E-state index in [9.17, 15) is 4.79 Å². The zero-order valence-electron chi connectivity index (χ0n) is 11.0. The summed E-state index contributed by atoms with van der Waals surface area (Å²) in [6.45, 7) is 4.12. The molecule has 1 amide bonds. The normalized spacial score (nSPS) is 17.8. The molecule has 1 aromatic heterocycles. The van der Waals surface area contributed by atoms with Crippen LogP contribution in [0.1, 0.15) is 32.0 Å². The minimum atomic E-state index is -0.202. The van der Waals surface area contributed by atoms with Gasteiger partial charge in [-0.15, -0.1) is 10.2 Å². The highest BCUT2D eigenvalue weighted by Gasteiger charge is 2.21. The fourth-order valence-electron chi connectivity index (χ4n) is 2.11. The van der Waals surface area contributed by atoms with Gasteiger partial charge < -0.3 is 4.90 Å². The smallest absolute Gasteiger partial charge is 0.239 e. The van der Waals surface area contributed by atoms with Crippen molar-refractivity contribution in [3.63, 3.8) is 0 Å². The number of nitrogens with zero attached hydrogens (tertiary/aromatic N) is 5. The number of piperidine rings is 1. The number of nitrogens with one attached hydrogen (secondary N) is 1. The maximum atomic E-state index is 12.1. The number of aryl methyl sites for hydroxylation is 1. The minimum absolute atomic E-state index is 0.165. The monoisotopic (exact) mass is 252 g/mol. The lowest BCUT2D eigenvalue weighted by atomic mass is 10.1. The first-order valence-electron chi connectivity index (χ1n) is 6.42. The summed E-state index contributed by atoms with van der Waals surface area (Å²) in [5.41, 5.74) is 0. The van der Waals surface area contributed by atoms with Gasteiger partial charge in [-0.2, -0.15) is 4.80 Å². The highest BCUT2D eigenvalue weighted by Crippen LogP contribution is 2.09. The van der Waals surface area contributed by atoms with Gasteiger partial charge in [0, 0.05) is 13.1 Å². The van der Waals surface area contributed by atoms with Crippen molar-refractivity contribution in [1.29, 1.82) is 0 Å². The van der Waals surface area contributed by atoms with Gasteiger partial charge in [-0.05, 0) is 31.4 Å². The number of rotatable bonds is 4. The van der Waals surface area contributed by atoms with Crippen LogP contribution in [0.5, 0.6) is 0 Å². The molecule has 7 nitrogen and oxygen atoms in total. The maximum Gasteiger partial charge on any atom is 0.239 e. The van der Waals surface area contributed by atoms with Gasteiger partial charge in [-0.3, -0.25) is 10.1 Å². The van der Waals surface area contributed by atoms with Crippen LogP contribution in [0.25, 0.3) is 0 Å². The maximum absolute atomic E-state index is 12.1. The number of tetrazole rings is 1. The third kappa shape index (κ3) is 3.25. The molecule has 7 heteroatoms. The summed E-state index contributed by atoms with van der Waals surface area (Å²) >= 11 is 0. The average molecular weight is 252 g/mol. The molecule has 1 aromatic rings. The molecule has 1 saturated heterocycles. The zero-order chi connectivity index (χ0) is 13.0. The lowest BCUT2D eigenvalue weighted by Gasteiger charge is -2.29. The summed E-state index contributed by atoms with van der Waals surface area (Å²) < 4.78 is 0. The Hall–Kier alpha value is -1.50. The van der Waals surface area contributed by atoms with Crippen molar-refractivity contribution in [3.05, 3.63) is 5.82 Å². The van der Waals surface area contributed by atoms with Gasteiger partial charge in [0.2, 0.25) is 5.91 Å². The van der Waals surface area contributed by atoms with E-state index in [1.54, 1.807) is 7.05 Å². The van der Waals surface area contributed by atoms with Crippen LogP contribution in [0.2, 0.25) is 0 Å². The first kappa shape index (κ1) is 12.9. The van der Waals surface area contributed by atoms with Crippen molar-refractivity contribution in [3.8, 4) is 0 Å². The molecule has 0 bridgehead atoms. The molecular formula is C11H20N6O. The van der Waals surface area contributed by atoms with Gasteiger partial charge in [0.05, 0.1) is 19.6 Å². The summed E-state index contributed by atoms with van der Waals surface area (Å²) in [7, 11) is 1.72. The first-order valence-corrected chi connectivity index (χ1v) is 6.42. The van der Waals surface area contributed by atoms with Crippen molar-refractivity contribution in [2.45, 2.75) is 38.8 Å². The fourth-order valence-corrected chi connectivity index (χ4v) is 2.11. The molecular weight excluding hydrogens is 232 g/mol. The van der Waals surface area contributed by atoms with E-state index in [0.717, 1.165) is 25.9 Å². The number of hydrogen-bond donors (Lipinski definition) is 1. The van der Waals surface area contributed by atoms with E-state index in [2.05, 4.69) is 20.7 Å². The topological polar surface area (TPSA) is 75.9 Å². The van der Waals surface area contributed by atoms with E-state index >= 15 is 0 Å². The van der Waals surface area contributed by atoms with E-state index in [0.29, 0.717) is 12.4 Å². The Morgan fingerprint density at radius 2 is 2.11 bits per heavy atom. The van der Waals surface area contributed by atoms with Crippen LogP contribution in [0.15, 0.2) is 0 Å². The van der Waals surface area contributed by atoms with Crippen LogP contribution in [0.3, 0.4) is 0 Å². The second-order valence-corrected chi connectivity index (χ2v) is 4.68. The van der Waals surface area contributed by atoms with Crippen molar-refractivity contribution < 1.29 is 4.79 Å². The molecule has 0 aromatic carbocycles. The number of hydrogen-bond acceptors (Lipinski definition) is 5. The first-order chi connectivity index (χ1) is 8.66. The van der Waals surface area contributed by atoms with E-state index in [-0.39, 0.29) is 11.9 Å². The van der Waals surface area contributed by atoms with Gasteiger partial charge in [0.1, 0.15) is 0 Å². The number of carbonyl (C=O) groups excluding carboxylic acids is 1. The molecule has 1 fully saturated rings. The predicted octanol–water partition coefficient (Wildman–Crippen LogP) is -0.299. The molecule has 1 aliphatic rings. The SMILES string of the molecule is CC(NCc1nnn(C)n1)C(=O)N1CCCCC1. The number of carbonyl (C=O) groups is 1. The summed E-state index contributed by atoms with van der Waals surface area (Å²) in [6.07, 6.45) is 3.46. The van der Waals surface area contributed by atoms with Crippen LogP contribution < -0.4 is 5.32 Å². The van der Waals surface area contributed by atoms with Crippen molar-refractivity contribution >= 4 is 5.91 Å². The second kappa shape index (κ2) is 5.90. The molecule has 2 heterocycles. The Labute approximate surface area is 107 Å². The zero-order valence-corrected chi connectivity index (χ0v) is 11.0. The van der Waals surface area contributed by atoms with E-state index in [4.69, 9.17) is 0 Å². The van der Waals surface area contributed by atoms with E-state index < -0.39 is 0 Å². The van der Waals surface area contributed by atoms with Crippen molar-refractivity contribution in [1.82, 2.24) is 30.4 Å². The number of likely N-dealkylation sites (tertiary alicyclic amines) is 1. The Kier molecular flexibility index (Phi) is 4.24. The Morgan fingerprint density at radius 3 is 2.72 bits per heavy atom. The summed E-state index contributed by atoms with van der Waals surface area (Å²) in [5.74, 6) is 0.773. The summed E-state index contributed by atoms with van der Waals surface area (Å²) in [4.78, 5) is 15.5. The third-order valence-corrected chi connectivity index (χ3v) is 3.15. The highest BCUT2D eigenvalue weighted by atomic mass is 16.2. The molecule has 100 valence electrons. The summed E-state index contributed by atoms with van der Waals surface area (Å²) in [6, 6.07) is -0.202. The molecule has 2 rings (SSSR count). The van der Waals surface area contributed by atoms with Crippen LogP contribution in [0.4, 0.5) is 0 Å². The van der Waals surface area contributed by atoms with Gasteiger partial charge in [0.25, 0.3) is 0 Å². The van der Waals surface area contributed by atoms with E-state index in [1.807, 2.05) is 11.8 Å². The van der Waals surface area contributed by atoms with Crippen molar-refractivity contribution in [2.75, 3.05) is 13.1 Å². The third-order valence-electron chi connectivity index (χ3n) is 3.15. The van der Waals surface area contributed by atoms with Crippen LogP contribution in [0, 0.1) is 0 Å². The lowest BCUT2D eigenvalue weighted by Crippen LogP contribution is -2.46. The molecule has 1 aliphatic heterocycles. The van der Waals surface area contributed by atoms with Gasteiger partial charge in [-0.25, -0.2) is 0 Å². The molecule has 18 heavy (non-hydrogen) atoms. The standard InChI is InChI=1S/C11H20N6O/c1-9(11(18)17-6-4-3-5-7-17)12-8-10-13-15-16(2)14-10/h9,12H,3-8H2,1-2H3. The number of aromatic nitrogens is 4.